The number of halogens is 1. The summed E-state index contributed by atoms with van der Waals surface area (Å²) in [5, 5.41) is 1.74. The van der Waals surface area contributed by atoms with E-state index in [0.717, 1.165) is 16.3 Å². The molecule has 14 heteroatoms. The molecule has 10 nitrogen and oxygen atoms in total. The third kappa shape index (κ3) is 11.9. The van der Waals surface area contributed by atoms with Crippen molar-refractivity contribution < 1.29 is 43.5 Å². The molecule has 3 aromatic rings. The molecule has 0 aromatic heterocycles. The molecule has 0 fully saturated rings. The standard InChI is InChI=1S/C10H8O3S.C7H8O3S.BrH.H2O4S/c11-14(12,13)10-6-5-8-3-1-2-4-9(8)7-10;1-6-2-4-7(5-3-6)11(8,9)10;;1-5(2,3)4/h1-7H,(H,11,12,13);2-5H,1H3,(H,8,9,10);1H;(H2,1,2,3,4). The number of aryl methyl sites for hydroxylation is 1. The fraction of sp³-hybridized carbons (Fsp3) is 0.0588. The van der Waals surface area contributed by atoms with Gasteiger partial charge in [0, 0.05) is 0 Å². The molecule has 0 heterocycles. The highest BCUT2D eigenvalue weighted by atomic mass is 79.9. The number of rotatable bonds is 2. The van der Waals surface area contributed by atoms with E-state index in [9.17, 15) is 16.8 Å². The van der Waals surface area contributed by atoms with Crippen molar-refractivity contribution in [3.05, 3.63) is 72.3 Å². The number of benzene rings is 3. The van der Waals surface area contributed by atoms with Crippen LogP contribution in [0.5, 0.6) is 0 Å². The molecule has 0 spiro atoms. The summed E-state index contributed by atoms with van der Waals surface area (Å²) in [4.78, 5) is -0.140. The molecule has 3 aromatic carbocycles. The summed E-state index contributed by atoms with van der Waals surface area (Å²) in [5.74, 6) is 0. The van der Waals surface area contributed by atoms with Gasteiger partial charge in [-0.15, -0.1) is 17.0 Å². The van der Waals surface area contributed by atoms with Gasteiger partial charge in [-0.05, 0) is 42.0 Å². The van der Waals surface area contributed by atoms with Gasteiger partial charge in [0.25, 0.3) is 20.2 Å². The Kier molecular flexibility index (Phi) is 10.9. The Morgan fingerprint density at radius 2 is 0.968 bits per heavy atom. The molecule has 4 N–H and O–H groups in total. The maximum Gasteiger partial charge on any atom is 0.394 e. The first-order valence-electron chi connectivity index (χ1n) is 7.78. The lowest BCUT2D eigenvalue weighted by Gasteiger charge is -1.99. The molecule has 0 bridgehead atoms. The van der Waals surface area contributed by atoms with Gasteiger partial charge in [0.1, 0.15) is 0 Å². The molecule has 0 aliphatic rings. The van der Waals surface area contributed by atoms with Crippen LogP contribution in [0.25, 0.3) is 10.8 Å². The van der Waals surface area contributed by atoms with E-state index in [1.165, 1.54) is 24.3 Å². The SMILES string of the molecule is Br.Cc1ccc(S(=O)(=O)O)cc1.O=S(=O)(O)O.O=S(=O)(O)c1ccc2ccccc2c1. The van der Waals surface area contributed by atoms with Gasteiger partial charge in [-0.2, -0.15) is 25.3 Å². The molecule has 0 saturated carbocycles. The summed E-state index contributed by atoms with van der Waals surface area (Å²) in [6.45, 7) is 1.84. The zero-order valence-corrected chi connectivity index (χ0v) is 19.9. The summed E-state index contributed by atoms with van der Waals surface area (Å²) in [6.07, 6.45) is 0. The summed E-state index contributed by atoms with van der Waals surface area (Å²) in [7, 11) is -12.8. The van der Waals surface area contributed by atoms with Crippen LogP contribution in [0.1, 0.15) is 5.56 Å². The van der Waals surface area contributed by atoms with E-state index in [-0.39, 0.29) is 26.8 Å². The minimum atomic E-state index is -4.67. The number of hydrogen-bond acceptors (Lipinski definition) is 6. The molecular formula is C17H19BrO10S3. The molecule has 0 aliphatic carbocycles. The van der Waals surface area contributed by atoms with Crippen LogP contribution >= 0.6 is 17.0 Å². The number of hydrogen-bond donors (Lipinski definition) is 4. The topological polar surface area (TPSA) is 183 Å². The van der Waals surface area contributed by atoms with Gasteiger partial charge >= 0.3 is 10.4 Å². The first kappa shape index (κ1) is 29.1. The lowest BCUT2D eigenvalue weighted by Crippen LogP contribution is -1.97. The van der Waals surface area contributed by atoms with Crippen LogP contribution in [0.15, 0.2) is 76.5 Å². The van der Waals surface area contributed by atoms with Crippen LogP contribution < -0.4 is 0 Å². The lowest BCUT2D eigenvalue weighted by molar-refractivity contribution is 0.380. The Labute approximate surface area is 190 Å². The Morgan fingerprint density at radius 3 is 1.39 bits per heavy atom. The van der Waals surface area contributed by atoms with Crippen molar-refractivity contribution in [2.45, 2.75) is 16.7 Å². The fourth-order valence-electron chi connectivity index (χ4n) is 2.04. The quantitative estimate of drug-likeness (QED) is 0.340. The second-order valence-electron chi connectivity index (χ2n) is 5.72. The van der Waals surface area contributed by atoms with Crippen LogP contribution in [0.3, 0.4) is 0 Å². The van der Waals surface area contributed by atoms with Crippen molar-refractivity contribution in [1.29, 1.82) is 0 Å². The predicted octanol–water partition coefficient (Wildman–Crippen LogP) is 3.25. The van der Waals surface area contributed by atoms with Crippen LogP contribution in [-0.4, -0.2) is 43.5 Å². The Bertz CT molecular complexity index is 1310. The van der Waals surface area contributed by atoms with Crippen LogP contribution in [0.2, 0.25) is 0 Å². The van der Waals surface area contributed by atoms with E-state index in [0.29, 0.717) is 0 Å². The molecule has 172 valence electrons. The van der Waals surface area contributed by atoms with Crippen LogP contribution in [0.4, 0.5) is 0 Å². The van der Waals surface area contributed by atoms with Gasteiger partial charge in [-0.25, -0.2) is 0 Å². The first-order chi connectivity index (χ1) is 13.6. The minimum absolute atomic E-state index is 0. The third-order valence-corrected chi connectivity index (χ3v) is 5.06. The largest absolute Gasteiger partial charge is 0.394 e. The van der Waals surface area contributed by atoms with Crippen molar-refractivity contribution in [2.75, 3.05) is 0 Å². The Morgan fingerprint density at radius 1 is 0.581 bits per heavy atom. The second-order valence-corrected chi connectivity index (χ2v) is 9.46. The molecular weight excluding hydrogens is 540 g/mol. The first-order valence-corrected chi connectivity index (χ1v) is 12.1. The van der Waals surface area contributed by atoms with E-state index in [1.807, 2.05) is 25.1 Å². The molecule has 0 aliphatic heterocycles. The van der Waals surface area contributed by atoms with Crippen molar-refractivity contribution >= 4 is 58.4 Å². The van der Waals surface area contributed by atoms with E-state index in [1.54, 1.807) is 24.3 Å². The monoisotopic (exact) mass is 558 g/mol. The summed E-state index contributed by atoms with van der Waals surface area (Å²) in [6, 6.07) is 17.8. The van der Waals surface area contributed by atoms with E-state index in [4.69, 9.17) is 26.6 Å². The second kappa shape index (κ2) is 11.6. The normalized spacial score (nSPS) is 11.3. The summed E-state index contributed by atoms with van der Waals surface area (Å²) in [5.41, 5.74) is 0.956. The Balaban J connectivity index is 0.000000476. The maximum absolute atomic E-state index is 10.8. The molecule has 3 rings (SSSR count). The van der Waals surface area contributed by atoms with Gasteiger partial charge in [-0.3, -0.25) is 18.2 Å². The Hall–Kier alpha value is -1.91. The van der Waals surface area contributed by atoms with E-state index >= 15 is 0 Å². The molecule has 31 heavy (non-hydrogen) atoms. The van der Waals surface area contributed by atoms with Crippen LogP contribution in [-0.2, 0) is 30.6 Å². The maximum atomic E-state index is 10.8. The highest BCUT2D eigenvalue weighted by Gasteiger charge is 2.09. The molecule has 0 amide bonds. The smallest absolute Gasteiger partial charge is 0.282 e. The average Bonchev–Trinajstić information content (AvgIpc) is 2.59. The number of fused-ring (bicyclic) bond motifs is 1. The van der Waals surface area contributed by atoms with E-state index < -0.39 is 30.6 Å². The van der Waals surface area contributed by atoms with Crippen molar-refractivity contribution in [3.63, 3.8) is 0 Å². The van der Waals surface area contributed by atoms with E-state index in [2.05, 4.69) is 0 Å². The highest BCUT2D eigenvalue weighted by molar-refractivity contribution is 8.93. The van der Waals surface area contributed by atoms with Gasteiger partial charge in [-0.1, -0.05) is 48.0 Å². The predicted molar refractivity (Wildman–Crippen MR) is 119 cm³/mol. The molecule has 0 radical (unpaired) electrons. The summed E-state index contributed by atoms with van der Waals surface area (Å²) >= 11 is 0. The zero-order chi connectivity index (χ0) is 23.2. The van der Waals surface area contributed by atoms with Gasteiger partial charge < -0.3 is 0 Å². The van der Waals surface area contributed by atoms with Gasteiger partial charge in [0.15, 0.2) is 0 Å². The molecule has 0 saturated heterocycles. The third-order valence-electron chi connectivity index (χ3n) is 3.34. The minimum Gasteiger partial charge on any atom is -0.282 e. The zero-order valence-electron chi connectivity index (χ0n) is 15.7. The lowest BCUT2D eigenvalue weighted by atomic mass is 10.1. The molecule has 0 unspecified atom stereocenters. The molecule has 0 atom stereocenters. The average molecular weight is 559 g/mol. The van der Waals surface area contributed by atoms with Crippen molar-refractivity contribution in [3.8, 4) is 0 Å². The fourth-order valence-corrected chi connectivity index (χ4v) is 3.03. The highest BCUT2D eigenvalue weighted by Crippen LogP contribution is 2.18. The van der Waals surface area contributed by atoms with Gasteiger partial charge in [0.2, 0.25) is 0 Å². The van der Waals surface area contributed by atoms with Gasteiger partial charge in [0.05, 0.1) is 9.79 Å². The van der Waals surface area contributed by atoms with Crippen molar-refractivity contribution in [2.24, 2.45) is 0 Å². The van der Waals surface area contributed by atoms with Crippen molar-refractivity contribution in [1.82, 2.24) is 0 Å². The summed E-state index contributed by atoms with van der Waals surface area (Å²) < 4.78 is 91.6. The van der Waals surface area contributed by atoms with Crippen LogP contribution in [0, 0.1) is 6.92 Å².